The smallest absolute Gasteiger partial charge is 0.263 e. The normalized spacial score (nSPS) is 15.2. The van der Waals surface area contributed by atoms with Crippen molar-refractivity contribution in [2.45, 2.75) is 6.42 Å². The molecule has 0 atom stereocenters. The minimum atomic E-state index is -0.178. The van der Waals surface area contributed by atoms with Crippen LogP contribution in [0.4, 0.5) is 0 Å². The molecule has 0 saturated carbocycles. The van der Waals surface area contributed by atoms with Crippen molar-refractivity contribution in [3.8, 4) is 11.5 Å². The molecule has 0 bridgehead atoms. The first kappa shape index (κ1) is 18.8. The van der Waals surface area contributed by atoms with E-state index in [0.29, 0.717) is 45.4 Å². The average Bonchev–Trinajstić information content (AvgIpc) is 2.94. The number of thioether (sulfide) groups is 1. The zero-order valence-corrected chi connectivity index (χ0v) is 16.1. The summed E-state index contributed by atoms with van der Waals surface area (Å²) in [6.07, 6.45) is 2.49. The van der Waals surface area contributed by atoms with Gasteiger partial charge in [-0.25, -0.2) is 0 Å². The fraction of sp³-hybridized carbons (Fsp3) is 0.158. The number of nitrogens with one attached hydrogen (secondary N) is 1. The van der Waals surface area contributed by atoms with E-state index in [1.807, 2.05) is 42.5 Å². The van der Waals surface area contributed by atoms with Crippen LogP contribution in [0, 0.1) is 0 Å². The van der Waals surface area contributed by atoms with E-state index in [4.69, 9.17) is 33.3 Å². The Morgan fingerprint density at radius 1 is 1.04 bits per heavy atom. The van der Waals surface area contributed by atoms with Gasteiger partial charge in [-0.15, -0.1) is 0 Å². The van der Waals surface area contributed by atoms with Crippen molar-refractivity contribution in [2.24, 2.45) is 0 Å². The monoisotopic (exact) mass is 405 g/mol. The summed E-state index contributed by atoms with van der Waals surface area (Å²) in [5.41, 5.74) is 0.835. The van der Waals surface area contributed by atoms with Gasteiger partial charge in [0, 0.05) is 12.0 Å². The largest absolute Gasteiger partial charge is 0.493 e. The number of para-hydroxylation sites is 2. The van der Waals surface area contributed by atoms with E-state index in [-0.39, 0.29) is 5.91 Å². The molecule has 1 amide bonds. The first-order valence-electron chi connectivity index (χ1n) is 7.97. The van der Waals surface area contributed by atoms with Crippen LogP contribution in [0.15, 0.2) is 53.4 Å². The number of hydrogen-bond donors (Lipinski definition) is 1. The molecule has 1 saturated heterocycles. The van der Waals surface area contributed by atoms with Crippen molar-refractivity contribution < 1.29 is 14.3 Å². The Morgan fingerprint density at radius 2 is 1.69 bits per heavy atom. The minimum absolute atomic E-state index is 0.178. The van der Waals surface area contributed by atoms with Crippen molar-refractivity contribution >= 4 is 51.9 Å². The lowest BCUT2D eigenvalue weighted by atomic mass is 10.2. The first-order chi connectivity index (χ1) is 12.6. The molecule has 1 heterocycles. The van der Waals surface area contributed by atoms with E-state index < -0.39 is 0 Å². The van der Waals surface area contributed by atoms with Crippen LogP contribution in [-0.4, -0.2) is 23.4 Å². The van der Waals surface area contributed by atoms with E-state index in [0.717, 1.165) is 5.56 Å². The van der Waals surface area contributed by atoms with Gasteiger partial charge >= 0.3 is 0 Å². The Labute approximate surface area is 166 Å². The third-order valence-corrected chi connectivity index (χ3v) is 4.96. The van der Waals surface area contributed by atoms with E-state index in [9.17, 15) is 4.79 Å². The Kier molecular flexibility index (Phi) is 6.55. The molecule has 134 valence electrons. The second-order valence-electron chi connectivity index (χ2n) is 5.37. The lowest BCUT2D eigenvalue weighted by Gasteiger charge is -2.11. The molecule has 2 aromatic carbocycles. The number of hydrogen-bond acceptors (Lipinski definition) is 5. The topological polar surface area (TPSA) is 47.6 Å². The molecule has 0 spiro atoms. The highest BCUT2D eigenvalue weighted by Gasteiger charge is 2.22. The molecule has 3 rings (SSSR count). The maximum absolute atomic E-state index is 11.8. The Morgan fingerprint density at radius 3 is 2.38 bits per heavy atom. The second-order valence-corrected chi connectivity index (χ2v) is 7.50. The third kappa shape index (κ3) is 5.00. The second kappa shape index (κ2) is 9.07. The summed E-state index contributed by atoms with van der Waals surface area (Å²) in [5, 5.41) is 3.20. The summed E-state index contributed by atoms with van der Waals surface area (Å²) < 4.78 is 12.0. The summed E-state index contributed by atoms with van der Waals surface area (Å²) >= 11 is 12.3. The molecule has 0 aliphatic carbocycles. The summed E-state index contributed by atoms with van der Waals surface area (Å²) in [5.74, 6) is 1.20. The number of rotatable bonds is 7. The molecule has 1 aliphatic heterocycles. The van der Waals surface area contributed by atoms with Gasteiger partial charge < -0.3 is 14.8 Å². The number of ether oxygens (including phenoxy) is 2. The summed E-state index contributed by atoms with van der Waals surface area (Å²) in [6, 6.07) is 14.9. The van der Waals surface area contributed by atoms with Crippen molar-refractivity contribution in [3.05, 3.63) is 64.0 Å². The molecular formula is C19H16ClNO3S2. The quantitative estimate of drug-likeness (QED) is 0.412. The molecule has 1 aliphatic rings. The summed E-state index contributed by atoms with van der Waals surface area (Å²) in [4.78, 5) is 12.4. The highest BCUT2D eigenvalue weighted by Crippen LogP contribution is 2.29. The molecule has 26 heavy (non-hydrogen) atoms. The molecule has 0 unspecified atom stereocenters. The minimum Gasteiger partial charge on any atom is -0.493 e. The lowest BCUT2D eigenvalue weighted by molar-refractivity contribution is -0.115. The molecular weight excluding hydrogens is 390 g/mol. The van der Waals surface area contributed by atoms with Gasteiger partial charge in [-0.05, 0) is 24.3 Å². The van der Waals surface area contributed by atoms with Gasteiger partial charge in [0.05, 0.1) is 23.1 Å². The Hall–Kier alpha value is -2.02. The highest BCUT2D eigenvalue weighted by molar-refractivity contribution is 8.26. The van der Waals surface area contributed by atoms with Crippen LogP contribution in [0.3, 0.4) is 0 Å². The molecule has 2 aromatic rings. The van der Waals surface area contributed by atoms with Gasteiger partial charge in [0.1, 0.15) is 15.8 Å². The van der Waals surface area contributed by atoms with Crippen LogP contribution in [0.2, 0.25) is 5.02 Å². The number of carbonyl (C=O) groups is 1. The summed E-state index contributed by atoms with van der Waals surface area (Å²) in [6.45, 7) is 0.988. The fourth-order valence-electron chi connectivity index (χ4n) is 2.28. The van der Waals surface area contributed by atoms with Gasteiger partial charge in [0.15, 0.2) is 0 Å². The summed E-state index contributed by atoms with van der Waals surface area (Å²) in [7, 11) is 0. The number of thiocarbonyl (C=S) groups is 1. The average molecular weight is 406 g/mol. The number of amides is 1. The molecule has 1 fully saturated rings. The number of carbonyl (C=O) groups excluding carboxylic acids is 1. The van der Waals surface area contributed by atoms with Crippen LogP contribution in [0.25, 0.3) is 6.08 Å². The molecule has 0 radical (unpaired) electrons. The van der Waals surface area contributed by atoms with Crippen LogP contribution in [0.5, 0.6) is 11.5 Å². The van der Waals surface area contributed by atoms with Gasteiger partial charge in [-0.3, -0.25) is 4.79 Å². The predicted octanol–water partition coefficient (Wildman–Crippen LogP) is 4.68. The maximum atomic E-state index is 11.8. The maximum Gasteiger partial charge on any atom is 0.263 e. The van der Waals surface area contributed by atoms with Crippen molar-refractivity contribution in [3.63, 3.8) is 0 Å². The lowest BCUT2D eigenvalue weighted by Crippen LogP contribution is -2.17. The zero-order valence-electron chi connectivity index (χ0n) is 13.7. The van der Waals surface area contributed by atoms with Crippen molar-refractivity contribution in [2.75, 3.05) is 13.2 Å². The Bertz CT molecular complexity index is 854. The first-order valence-corrected chi connectivity index (χ1v) is 9.58. The van der Waals surface area contributed by atoms with Crippen molar-refractivity contribution in [1.82, 2.24) is 5.32 Å². The van der Waals surface area contributed by atoms with Crippen LogP contribution < -0.4 is 14.8 Å². The van der Waals surface area contributed by atoms with E-state index in [1.165, 1.54) is 11.8 Å². The van der Waals surface area contributed by atoms with Gasteiger partial charge in [0.2, 0.25) is 0 Å². The third-order valence-electron chi connectivity index (χ3n) is 3.49. The standard InChI is InChI=1S/C19H16ClNO3S2/c20-14-7-2-4-9-16(14)24-11-5-10-23-15-8-3-1-6-13(15)12-17-18(22)21-19(25)26-17/h1-4,6-9,12H,5,10-11H2,(H,21,22,25)/b17-12-. The number of halogens is 1. The van der Waals surface area contributed by atoms with Crippen LogP contribution in [0.1, 0.15) is 12.0 Å². The van der Waals surface area contributed by atoms with Gasteiger partial charge in [0.25, 0.3) is 5.91 Å². The number of benzene rings is 2. The SMILES string of the molecule is O=C1NC(=S)S/C1=C\c1ccccc1OCCCOc1ccccc1Cl. The Balaban J connectivity index is 1.54. The van der Waals surface area contributed by atoms with Crippen LogP contribution >= 0.6 is 35.6 Å². The molecule has 7 heteroatoms. The molecule has 1 N–H and O–H groups in total. The van der Waals surface area contributed by atoms with Crippen LogP contribution in [-0.2, 0) is 4.79 Å². The molecule has 4 nitrogen and oxygen atoms in total. The van der Waals surface area contributed by atoms with Gasteiger partial charge in [-0.1, -0.05) is 65.9 Å². The van der Waals surface area contributed by atoms with Gasteiger partial charge in [-0.2, -0.15) is 0 Å². The van der Waals surface area contributed by atoms with E-state index in [2.05, 4.69) is 5.32 Å². The van der Waals surface area contributed by atoms with E-state index >= 15 is 0 Å². The zero-order chi connectivity index (χ0) is 18.4. The highest BCUT2D eigenvalue weighted by atomic mass is 35.5. The predicted molar refractivity (Wildman–Crippen MR) is 110 cm³/mol. The fourth-order valence-corrected chi connectivity index (χ4v) is 3.50. The van der Waals surface area contributed by atoms with Crippen molar-refractivity contribution in [1.29, 1.82) is 0 Å². The van der Waals surface area contributed by atoms with E-state index in [1.54, 1.807) is 12.1 Å². The molecule has 0 aromatic heterocycles.